The summed E-state index contributed by atoms with van der Waals surface area (Å²) in [5.74, 6) is -0.0766. The first-order chi connectivity index (χ1) is 8.52. The van der Waals surface area contributed by atoms with Gasteiger partial charge in [0.15, 0.2) is 0 Å². The summed E-state index contributed by atoms with van der Waals surface area (Å²) in [6, 6.07) is 0. The molecule has 1 aromatic heterocycles. The van der Waals surface area contributed by atoms with Gasteiger partial charge in [0.1, 0.15) is 6.61 Å². The van der Waals surface area contributed by atoms with Crippen molar-refractivity contribution in [3.8, 4) is 5.88 Å². The molecule has 0 bridgehead atoms. The van der Waals surface area contributed by atoms with E-state index in [1.807, 2.05) is 0 Å². The minimum atomic E-state index is -0.542. The van der Waals surface area contributed by atoms with E-state index < -0.39 is 4.92 Å². The lowest BCUT2D eigenvalue weighted by Crippen LogP contribution is -2.47. The Morgan fingerprint density at radius 2 is 2.22 bits per heavy atom. The molecule has 1 aromatic rings. The second kappa shape index (κ2) is 4.93. The van der Waals surface area contributed by atoms with E-state index in [1.54, 1.807) is 7.05 Å². The molecule has 7 nitrogen and oxygen atoms in total. The highest BCUT2D eigenvalue weighted by Crippen LogP contribution is 2.29. The number of imidazole rings is 1. The molecular weight excluding hydrogens is 236 g/mol. The van der Waals surface area contributed by atoms with Crippen LogP contribution >= 0.6 is 0 Å². The van der Waals surface area contributed by atoms with E-state index in [0.29, 0.717) is 6.61 Å². The summed E-state index contributed by atoms with van der Waals surface area (Å²) in [7, 11) is 1.67. The fourth-order valence-corrected chi connectivity index (χ4v) is 2.31. The topological polar surface area (TPSA) is 96.2 Å². The van der Waals surface area contributed by atoms with Crippen molar-refractivity contribution in [3.63, 3.8) is 0 Å². The molecule has 1 fully saturated rings. The van der Waals surface area contributed by atoms with Crippen LogP contribution in [0.15, 0.2) is 6.33 Å². The first-order valence-corrected chi connectivity index (χ1v) is 6.09. The SMILES string of the molecule is Cn1cnc([N+](=O)[O-])c1OCC1(N)CCCCC1. The quantitative estimate of drug-likeness (QED) is 0.646. The van der Waals surface area contributed by atoms with E-state index in [4.69, 9.17) is 10.5 Å². The Morgan fingerprint density at radius 3 is 2.83 bits per heavy atom. The summed E-state index contributed by atoms with van der Waals surface area (Å²) in [4.78, 5) is 13.9. The molecule has 18 heavy (non-hydrogen) atoms. The van der Waals surface area contributed by atoms with Crippen LogP contribution in [0.3, 0.4) is 0 Å². The van der Waals surface area contributed by atoms with Crippen molar-refractivity contribution in [2.45, 2.75) is 37.6 Å². The van der Waals surface area contributed by atoms with Gasteiger partial charge in [0, 0.05) is 7.05 Å². The van der Waals surface area contributed by atoms with Crippen molar-refractivity contribution in [3.05, 3.63) is 16.4 Å². The van der Waals surface area contributed by atoms with Crippen LogP contribution in [0.2, 0.25) is 0 Å². The number of hydrogen-bond acceptors (Lipinski definition) is 5. The van der Waals surface area contributed by atoms with E-state index in [-0.39, 0.29) is 17.2 Å². The lowest BCUT2D eigenvalue weighted by atomic mass is 9.83. The first kappa shape index (κ1) is 12.8. The molecular formula is C11H18N4O3. The zero-order valence-electron chi connectivity index (χ0n) is 10.5. The van der Waals surface area contributed by atoms with E-state index in [0.717, 1.165) is 25.7 Å². The van der Waals surface area contributed by atoms with Crippen LogP contribution in [-0.4, -0.2) is 26.6 Å². The van der Waals surface area contributed by atoms with E-state index >= 15 is 0 Å². The second-order valence-corrected chi connectivity index (χ2v) is 4.95. The van der Waals surface area contributed by atoms with Gasteiger partial charge in [-0.1, -0.05) is 19.3 Å². The fraction of sp³-hybridized carbons (Fsp3) is 0.727. The Morgan fingerprint density at radius 1 is 1.56 bits per heavy atom. The third-order valence-electron chi connectivity index (χ3n) is 3.38. The van der Waals surface area contributed by atoms with Crippen LogP contribution < -0.4 is 10.5 Å². The molecule has 0 aliphatic heterocycles. The molecule has 0 amide bonds. The molecule has 1 aliphatic carbocycles. The molecule has 0 aromatic carbocycles. The largest absolute Gasteiger partial charge is 0.471 e. The summed E-state index contributed by atoms with van der Waals surface area (Å²) in [5.41, 5.74) is 5.86. The minimum Gasteiger partial charge on any atom is -0.471 e. The van der Waals surface area contributed by atoms with Crippen molar-refractivity contribution in [1.82, 2.24) is 9.55 Å². The first-order valence-electron chi connectivity index (χ1n) is 6.09. The molecule has 7 heteroatoms. The Bertz CT molecular complexity index is 437. The summed E-state index contributed by atoms with van der Waals surface area (Å²) in [6.45, 7) is 0.299. The maximum atomic E-state index is 10.8. The monoisotopic (exact) mass is 254 g/mol. The standard InChI is InChI=1S/C11H18N4O3/c1-14-8-13-9(15(16)17)10(14)18-7-11(12)5-3-2-4-6-11/h8H,2-7,12H2,1H3. The van der Waals surface area contributed by atoms with Gasteiger partial charge in [-0.2, -0.15) is 0 Å². The maximum Gasteiger partial charge on any atom is 0.426 e. The highest BCUT2D eigenvalue weighted by atomic mass is 16.6. The summed E-state index contributed by atoms with van der Waals surface area (Å²) in [5, 5.41) is 10.8. The molecule has 0 saturated heterocycles. The number of hydrogen-bond donors (Lipinski definition) is 1. The lowest BCUT2D eigenvalue weighted by Gasteiger charge is -2.32. The van der Waals surface area contributed by atoms with Crippen LogP contribution in [0.25, 0.3) is 0 Å². The van der Waals surface area contributed by atoms with Gasteiger partial charge in [0.2, 0.25) is 6.33 Å². The summed E-state index contributed by atoms with van der Waals surface area (Å²) < 4.78 is 7.05. The Hall–Kier alpha value is -1.63. The zero-order valence-corrected chi connectivity index (χ0v) is 10.5. The molecule has 1 heterocycles. The highest BCUT2D eigenvalue weighted by Gasteiger charge is 2.30. The average molecular weight is 254 g/mol. The van der Waals surface area contributed by atoms with E-state index in [2.05, 4.69) is 4.98 Å². The molecule has 0 spiro atoms. The van der Waals surface area contributed by atoms with Crippen LogP contribution in [0.1, 0.15) is 32.1 Å². The zero-order chi connectivity index (χ0) is 13.2. The Balaban J connectivity index is 2.05. The van der Waals surface area contributed by atoms with Gasteiger partial charge in [0.25, 0.3) is 5.88 Å². The van der Waals surface area contributed by atoms with Gasteiger partial charge in [-0.3, -0.25) is 4.57 Å². The number of nitrogens with zero attached hydrogens (tertiary/aromatic N) is 3. The maximum absolute atomic E-state index is 10.8. The van der Waals surface area contributed by atoms with Crippen molar-refractivity contribution >= 4 is 5.82 Å². The van der Waals surface area contributed by atoms with Crippen LogP contribution in [0.5, 0.6) is 5.88 Å². The molecule has 0 unspecified atom stereocenters. The van der Waals surface area contributed by atoms with Crippen molar-refractivity contribution < 1.29 is 9.66 Å². The van der Waals surface area contributed by atoms with Gasteiger partial charge in [-0.15, -0.1) is 0 Å². The number of aryl methyl sites for hydroxylation is 1. The van der Waals surface area contributed by atoms with Gasteiger partial charge < -0.3 is 20.6 Å². The number of aromatic nitrogens is 2. The van der Waals surface area contributed by atoms with E-state index in [9.17, 15) is 10.1 Å². The second-order valence-electron chi connectivity index (χ2n) is 4.95. The predicted molar refractivity (Wildman–Crippen MR) is 65.4 cm³/mol. The summed E-state index contributed by atoms with van der Waals surface area (Å²) in [6.07, 6.45) is 6.56. The fourth-order valence-electron chi connectivity index (χ4n) is 2.31. The normalized spacial score (nSPS) is 18.6. The smallest absolute Gasteiger partial charge is 0.426 e. The molecule has 1 aliphatic rings. The molecule has 2 rings (SSSR count). The third-order valence-corrected chi connectivity index (χ3v) is 3.38. The summed E-state index contributed by atoms with van der Waals surface area (Å²) >= 11 is 0. The van der Waals surface area contributed by atoms with Crippen molar-refractivity contribution in [1.29, 1.82) is 0 Å². The van der Waals surface area contributed by atoms with Crippen LogP contribution in [-0.2, 0) is 7.05 Å². The number of ether oxygens (including phenoxy) is 1. The van der Waals surface area contributed by atoms with Crippen LogP contribution in [0.4, 0.5) is 5.82 Å². The molecule has 0 atom stereocenters. The molecule has 0 radical (unpaired) electrons. The van der Waals surface area contributed by atoms with Gasteiger partial charge >= 0.3 is 5.82 Å². The minimum absolute atomic E-state index is 0.176. The predicted octanol–water partition coefficient (Wildman–Crippen LogP) is 1.37. The number of nitro groups is 1. The number of nitrogens with two attached hydrogens (primary N) is 1. The Labute approximate surface area is 105 Å². The van der Waals surface area contributed by atoms with Gasteiger partial charge in [-0.25, -0.2) is 0 Å². The Kier molecular flexibility index (Phi) is 3.51. The molecule has 100 valence electrons. The molecule has 1 saturated carbocycles. The highest BCUT2D eigenvalue weighted by molar-refractivity contribution is 5.33. The van der Waals surface area contributed by atoms with Crippen LogP contribution in [0, 0.1) is 10.1 Å². The van der Waals surface area contributed by atoms with Crippen molar-refractivity contribution in [2.24, 2.45) is 12.8 Å². The lowest BCUT2D eigenvalue weighted by molar-refractivity contribution is -0.390. The van der Waals surface area contributed by atoms with Crippen molar-refractivity contribution in [2.75, 3.05) is 6.61 Å². The van der Waals surface area contributed by atoms with Gasteiger partial charge in [-0.05, 0) is 22.7 Å². The third kappa shape index (κ3) is 2.61. The average Bonchev–Trinajstić information content (AvgIpc) is 2.69. The van der Waals surface area contributed by atoms with Gasteiger partial charge in [0.05, 0.1) is 5.54 Å². The number of rotatable bonds is 4. The van der Waals surface area contributed by atoms with E-state index in [1.165, 1.54) is 17.3 Å². The molecule has 2 N–H and O–H groups in total.